The van der Waals surface area contributed by atoms with Crippen molar-refractivity contribution in [2.75, 3.05) is 17.0 Å². The zero-order valence-corrected chi connectivity index (χ0v) is 17.4. The number of ether oxygens (including phenoxy) is 2. The summed E-state index contributed by atoms with van der Waals surface area (Å²) in [5, 5.41) is 3.65. The van der Waals surface area contributed by atoms with E-state index < -0.39 is 11.8 Å². The molecule has 2 aromatic carbocycles. The van der Waals surface area contributed by atoms with E-state index in [4.69, 9.17) is 21.1 Å². The van der Waals surface area contributed by atoms with Gasteiger partial charge in [-0.15, -0.1) is 0 Å². The van der Waals surface area contributed by atoms with Gasteiger partial charge in [0.05, 0.1) is 5.69 Å². The maximum atomic E-state index is 13.4. The van der Waals surface area contributed by atoms with Crippen molar-refractivity contribution >= 4 is 40.5 Å². The van der Waals surface area contributed by atoms with Crippen LogP contribution in [-0.2, 0) is 9.59 Å². The van der Waals surface area contributed by atoms with Crippen molar-refractivity contribution in [1.82, 2.24) is 0 Å². The second-order valence-corrected chi connectivity index (χ2v) is 7.06. The number of hydrogen-bond donors (Lipinski definition) is 1. The molecule has 0 spiro atoms. The lowest BCUT2D eigenvalue weighted by Crippen LogP contribution is -3.00. The quantitative estimate of drug-likeness (QED) is 0.449. The number of carbonyl (C=O) groups is 2. The first-order valence-corrected chi connectivity index (χ1v) is 9.51. The molecular weight excluding hydrogens is 441 g/mol. The van der Waals surface area contributed by atoms with Crippen LogP contribution in [0.2, 0.25) is 5.02 Å². The topological polar surface area (TPSA) is 71.8 Å². The SMILES string of the molecule is O=C1C(Nc2ccc(Cl)cc2)=C([n+]2ccccc2)C(=O)N1c1ccc2c(c1)OCO2.[Cl-]. The number of nitrogens with one attached hydrogen (secondary N) is 1. The standard InChI is InChI=1S/C22H14ClN3O4.ClH/c23-14-4-6-15(7-5-14)24-19-20(25-10-2-1-3-11-25)22(28)26(21(19)27)16-8-9-17-18(12-16)30-13-29-17;/h1-12H,13H2;1H. The molecule has 2 amide bonds. The monoisotopic (exact) mass is 455 g/mol. The molecule has 0 bridgehead atoms. The maximum absolute atomic E-state index is 13.4. The van der Waals surface area contributed by atoms with E-state index >= 15 is 0 Å². The Kier molecular flexibility index (Phi) is 5.54. The number of aromatic nitrogens is 1. The lowest BCUT2D eigenvalue weighted by atomic mass is 10.2. The highest BCUT2D eigenvalue weighted by Gasteiger charge is 2.46. The summed E-state index contributed by atoms with van der Waals surface area (Å²) in [5.74, 6) is 0.135. The highest BCUT2D eigenvalue weighted by Crippen LogP contribution is 2.37. The van der Waals surface area contributed by atoms with Gasteiger partial charge in [-0.05, 0) is 36.4 Å². The number of hydrogen-bond acceptors (Lipinski definition) is 5. The van der Waals surface area contributed by atoms with Gasteiger partial charge in [0.25, 0.3) is 5.91 Å². The van der Waals surface area contributed by atoms with Gasteiger partial charge in [-0.1, -0.05) is 17.7 Å². The second kappa shape index (κ2) is 8.29. The number of amides is 2. The molecule has 0 unspecified atom stereocenters. The molecule has 3 aromatic rings. The molecule has 5 rings (SSSR count). The smallest absolute Gasteiger partial charge is 0.333 e. The summed E-state index contributed by atoms with van der Waals surface area (Å²) in [6.45, 7) is 0.105. The largest absolute Gasteiger partial charge is 1.00 e. The minimum absolute atomic E-state index is 0. The molecule has 0 saturated carbocycles. The number of imide groups is 1. The number of carbonyl (C=O) groups excluding carboxylic acids is 2. The fourth-order valence-electron chi connectivity index (χ4n) is 3.35. The number of pyridine rings is 1. The Hall–Kier alpha value is -3.55. The van der Waals surface area contributed by atoms with Gasteiger partial charge in [0, 0.05) is 28.9 Å². The summed E-state index contributed by atoms with van der Waals surface area (Å²) in [6.07, 6.45) is 3.43. The molecular formula is C22H15Cl2N3O4. The Morgan fingerprint density at radius 1 is 0.903 bits per heavy atom. The van der Waals surface area contributed by atoms with Crippen LogP contribution in [0.25, 0.3) is 5.70 Å². The van der Waals surface area contributed by atoms with Crippen molar-refractivity contribution in [3.8, 4) is 11.5 Å². The van der Waals surface area contributed by atoms with Gasteiger partial charge in [0.2, 0.25) is 6.79 Å². The van der Waals surface area contributed by atoms with Crippen LogP contribution in [0.4, 0.5) is 11.4 Å². The molecule has 1 N–H and O–H groups in total. The van der Waals surface area contributed by atoms with Crippen LogP contribution in [0.3, 0.4) is 0 Å². The van der Waals surface area contributed by atoms with Crippen molar-refractivity contribution in [2.45, 2.75) is 0 Å². The Balaban J connectivity index is 0.00000231. The zero-order chi connectivity index (χ0) is 20.7. The number of nitrogens with zero attached hydrogens (tertiary/aromatic N) is 2. The van der Waals surface area contributed by atoms with E-state index in [1.807, 2.05) is 6.07 Å². The molecule has 0 saturated heterocycles. The number of halogens is 2. The third-order valence-corrected chi connectivity index (χ3v) is 5.01. The van der Waals surface area contributed by atoms with Crippen molar-refractivity contribution in [3.63, 3.8) is 0 Å². The van der Waals surface area contributed by atoms with Crippen molar-refractivity contribution < 1.29 is 36.0 Å². The molecule has 0 radical (unpaired) electrons. The summed E-state index contributed by atoms with van der Waals surface area (Å²) in [5.41, 5.74) is 1.41. The van der Waals surface area contributed by atoms with Crippen LogP contribution >= 0.6 is 11.6 Å². The maximum Gasteiger partial charge on any atom is 0.333 e. The predicted octanol–water partition coefficient (Wildman–Crippen LogP) is 0.214. The zero-order valence-electron chi connectivity index (χ0n) is 15.9. The average molecular weight is 456 g/mol. The van der Waals surface area contributed by atoms with Crippen LogP contribution in [0.15, 0.2) is 78.8 Å². The van der Waals surface area contributed by atoms with Crippen molar-refractivity contribution in [2.24, 2.45) is 0 Å². The third-order valence-electron chi connectivity index (χ3n) is 4.76. The lowest BCUT2D eigenvalue weighted by molar-refractivity contribution is -0.577. The minimum atomic E-state index is -0.472. The molecule has 1 aromatic heterocycles. The Bertz CT molecular complexity index is 1200. The first-order chi connectivity index (χ1) is 14.6. The molecule has 0 aliphatic carbocycles. The molecule has 7 nitrogen and oxygen atoms in total. The molecule has 31 heavy (non-hydrogen) atoms. The Morgan fingerprint density at radius 2 is 1.61 bits per heavy atom. The van der Waals surface area contributed by atoms with Gasteiger partial charge in [-0.3, -0.25) is 9.59 Å². The molecule has 9 heteroatoms. The van der Waals surface area contributed by atoms with E-state index in [1.54, 1.807) is 71.6 Å². The predicted molar refractivity (Wildman–Crippen MR) is 110 cm³/mol. The van der Waals surface area contributed by atoms with Crippen LogP contribution in [0, 0.1) is 0 Å². The number of anilines is 2. The first-order valence-electron chi connectivity index (χ1n) is 9.14. The van der Waals surface area contributed by atoms with Crippen LogP contribution in [0.5, 0.6) is 11.5 Å². The van der Waals surface area contributed by atoms with Gasteiger partial charge < -0.3 is 27.2 Å². The summed E-state index contributed by atoms with van der Waals surface area (Å²) < 4.78 is 12.3. The first kappa shape index (κ1) is 20.7. The van der Waals surface area contributed by atoms with E-state index in [2.05, 4.69) is 5.32 Å². The normalized spacial score (nSPS) is 14.7. The van der Waals surface area contributed by atoms with Crippen molar-refractivity contribution in [1.29, 1.82) is 0 Å². The molecule has 0 atom stereocenters. The van der Waals surface area contributed by atoms with Gasteiger partial charge in [-0.25, -0.2) is 4.90 Å². The molecule has 2 aliphatic heterocycles. The summed E-state index contributed by atoms with van der Waals surface area (Å²) in [6, 6.07) is 17.2. The van der Waals surface area contributed by atoms with Crippen LogP contribution in [0.1, 0.15) is 0 Å². The van der Waals surface area contributed by atoms with Crippen LogP contribution < -0.4 is 36.7 Å². The fourth-order valence-corrected chi connectivity index (χ4v) is 3.48. The van der Waals surface area contributed by atoms with E-state index in [-0.39, 0.29) is 30.6 Å². The molecule has 0 fully saturated rings. The van der Waals surface area contributed by atoms with E-state index in [0.29, 0.717) is 27.9 Å². The Labute approximate surface area is 188 Å². The number of fused-ring (bicyclic) bond motifs is 1. The Morgan fingerprint density at radius 3 is 2.35 bits per heavy atom. The molecule has 156 valence electrons. The molecule has 2 aliphatic rings. The van der Waals surface area contributed by atoms with Gasteiger partial charge in [0.15, 0.2) is 29.6 Å². The summed E-state index contributed by atoms with van der Waals surface area (Å²) in [7, 11) is 0. The van der Waals surface area contributed by atoms with E-state index in [0.717, 1.165) is 4.90 Å². The highest BCUT2D eigenvalue weighted by molar-refractivity contribution is 6.42. The van der Waals surface area contributed by atoms with Gasteiger partial charge in [0.1, 0.15) is 0 Å². The van der Waals surface area contributed by atoms with Gasteiger partial charge >= 0.3 is 11.6 Å². The van der Waals surface area contributed by atoms with Gasteiger partial charge in [-0.2, -0.15) is 4.57 Å². The van der Waals surface area contributed by atoms with E-state index in [1.165, 1.54) is 0 Å². The van der Waals surface area contributed by atoms with Crippen LogP contribution in [-0.4, -0.2) is 18.6 Å². The number of rotatable bonds is 4. The highest BCUT2D eigenvalue weighted by atomic mass is 35.5. The molecule has 3 heterocycles. The lowest BCUT2D eigenvalue weighted by Gasteiger charge is -2.14. The second-order valence-electron chi connectivity index (χ2n) is 6.62. The third kappa shape index (κ3) is 3.69. The average Bonchev–Trinajstić information content (AvgIpc) is 3.32. The van der Waals surface area contributed by atoms with Crippen molar-refractivity contribution in [3.05, 3.63) is 83.8 Å². The van der Waals surface area contributed by atoms with E-state index in [9.17, 15) is 9.59 Å². The number of benzene rings is 2. The minimum Gasteiger partial charge on any atom is -1.00 e. The summed E-state index contributed by atoms with van der Waals surface area (Å²) >= 11 is 5.96. The fraction of sp³-hybridized carbons (Fsp3) is 0.0455. The summed E-state index contributed by atoms with van der Waals surface area (Å²) in [4.78, 5) is 27.8.